The Bertz CT molecular complexity index is 289. The van der Waals surface area contributed by atoms with E-state index in [0.29, 0.717) is 11.6 Å². The van der Waals surface area contributed by atoms with Gasteiger partial charge in [-0.2, -0.15) is 5.10 Å². The van der Waals surface area contributed by atoms with Crippen LogP contribution in [0.15, 0.2) is 0 Å². The maximum absolute atomic E-state index is 10.2. The van der Waals surface area contributed by atoms with Crippen molar-refractivity contribution in [2.24, 2.45) is 5.73 Å². The molecule has 0 saturated carbocycles. The summed E-state index contributed by atoms with van der Waals surface area (Å²) in [6.07, 6.45) is -0.153. The van der Waals surface area contributed by atoms with Crippen LogP contribution in [0.5, 0.6) is 0 Å². The van der Waals surface area contributed by atoms with Crippen molar-refractivity contribution < 1.29 is 9.90 Å². The molecule has 0 aliphatic carbocycles. The van der Waals surface area contributed by atoms with E-state index >= 15 is 0 Å². The number of hydrogen-bond donors (Lipinski definition) is 3. The Labute approximate surface area is 93.1 Å². The average molecular weight is 243 g/mol. The summed E-state index contributed by atoms with van der Waals surface area (Å²) >= 11 is 0. The predicted octanol–water partition coefficient (Wildman–Crippen LogP) is 0.295. The van der Waals surface area contributed by atoms with Gasteiger partial charge in [0, 0.05) is 0 Å². The van der Waals surface area contributed by atoms with Gasteiger partial charge in [-0.15, -0.1) is 24.8 Å². The molecule has 0 saturated heterocycles. The minimum atomic E-state index is -0.942. The highest BCUT2D eigenvalue weighted by Crippen LogP contribution is 2.01. The van der Waals surface area contributed by atoms with Crippen LogP contribution in [0.4, 0.5) is 0 Å². The fraction of sp³-hybridized carbons (Fsp3) is 0.500. The zero-order valence-corrected chi connectivity index (χ0v) is 9.06. The number of aromatic amines is 1. The Kier molecular flexibility index (Phi) is 7.34. The SMILES string of the molecule is CC(N)c1n[nH]c(CC(=O)O)n1.Cl.Cl. The number of carbonyl (C=O) groups is 1. The lowest BCUT2D eigenvalue weighted by molar-refractivity contribution is -0.136. The van der Waals surface area contributed by atoms with Crippen LogP contribution in [-0.2, 0) is 11.2 Å². The van der Waals surface area contributed by atoms with Crippen LogP contribution in [-0.4, -0.2) is 26.3 Å². The standard InChI is InChI=1S/C6H10N4O2.2ClH/c1-3(7)6-8-4(9-10-6)2-5(11)12;;/h3H,2,7H2,1H3,(H,11,12)(H,8,9,10);2*1H. The summed E-state index contributed by atoms with van der Waals surface area (Å²) in [4.78, 5) is 14.1. The summed E-state index contributed by atoms with van der Waals surface area (Å²) < 4.78 is 0. The Hall–Kier alpha value is -0.850. The molecule has 8 heteroatoms. The minimum absolute atomic E-state index is 0. The molecule has 6 nitrogen and oxygen atoms in total. The lowest BCUT2D eigenvalue weighted by Crippen LogP contribution is -2.07. The average Bonchev–Trinajstić information content (AvgIpc) is 2.34. The first kappa shape index (κ1) is 15.6. The summed E-state index contributed by atoms with van der Waals surface area (Å²) in [5.41, 5.74) is 5.47. The molecule has 1 rings (SSSR count). The predicted molar refractivity (Wildman–Crippen MR) is 54.8 cm³/mol. The van der Waals surface area contributed by atoms with Crippen LogP contribution in [0.2, 0.25) is 0 Å². The van der Waals surface area contributed by atoms with Crippen molar-refractivity contribution in [1.29, 1.82) is 0 Å². The molecule has 0 fully saturated rings. The van der Waals surface area contributed by atoms with Crippen molar-refractivity contribution in [2.75, 3.05) is 0 Å². The molecular formula is C6H12Cl2N4O2. The monoisotopic (exact) mass is 242 g/mol. The summed E-state index contributed by atoms with van der Waals surface area (Å²) in [5.74, 6) is -0.177. The molecule has 0 aliphatic heterocycles. The maximum Gasteiger partial charge on any atom is 0.311 e. The number of nitrogens with two attached hydrogens (primary N) is 1. The molecule has 1 heterocycles. The molecule has 0 amide bonds. The quantitative estimate of drug-likeness (QED) is 0.707. The molecule has 1 aromatic rings. The van der Waals surface area contributed by atoms with E-state index in [1.165, 1.54) is 0 Å². The molecule has 14 heavy (non-hydrogen) atoms. The van der Waals surface area contributed by atoms with Gasteiger partial charge in [0.1, 0.15) is 12.2 Å². The summed E-state index contributed by atoms with van der Waals surface area (Å²) in [6, 6.07) is -0.274. The second kappa shape index (κ2) is 6.58. The van der Waals surface area contributed by atoms with Crippen LogP contribution < -0.4 is 5.73 Å². The van der Waals surface area contributed by atoms with Crippen LogP contribution in [0, 0.1) is 0 Å². The fourth-order valence-electron chi connectivity index (χ4n) is 0.736. The van der Waals surface area contributed by atoms with Crippen molar-refractivity contribution in [3.63, 3.8) is 0 Å². The molecule has 0 radical (unpaired) electrons. The normalized spacial score (nSPS) is 11.0. The van der Waals surface area contributed by atoms with Crippen LogP contribution in [0.3, 0.4) is 0 Å². The zero-order valence-electron chi connectivity index (χ0n) is 7.43. The largest absolute Gasteiger partial charge is 0.481 e. The van der Waals surface area contributed by atoms with Gasteiger partial charge in [-0.1, -0.05) is 0 Å². The molecule has 1 aromatic heterocycles. The lowest BCUT2D eigenvalue weighted by Gasteiger charge is -1.94. The minimum Gasteiger partial charge on any atom is -0.481 e. The summed E-state index contributed by atoms with van der Waals surface area (Å²) in [5, 5.41) is 14.6. The Morgan fingerprint density at radius 3 is 2.57 bits per heavy atom. The number of nitrogens with zero attached hydrogens (tertiary/aromatic N) is 2. The first-order valence-corrected chi connectivity index (χ1v) is 3.48. The van der Waals surface area contributed by atoms with E-state index in [1.54, 1.807) is 6.92 Å². The molecule has 0 bridgehead atoms. The molecule has 0 aromatic carbocycles. The third-order valence-corrected chi connectivity index (χ3v) is 1.27. The zero-order chi connectivity index (χ0) is 9.14. The smallest absolute Gasteiger partial charge is 0.311 e. The van der Waals surface area contributed by atoms with Crippen molar-refractivity contribution in [3.8, 4) is 0 Å². The van der Waals surface area contributed by atoms with Gasteiger partial charge >= 0.3 is 5.97 Å². The van der Waals surface area contributed by atoms with Crippen LogP contribution in [0.1, 0.15) is 24.6 Å². The summed E-state index contributed by atoms with van der Waals surface area (Å²) in [6.45, 7) is 1.73. The first-order valence-electron chi connectivity index (χ1n) is 3.48. The highest BCUT2D eigenvalue weighted by molar-refractivity contribution is 5.85. The number of aromatic nitrogens is 3. The van der Waals surface area contributed by atoms with Gasteiger partial charge in [0.15, 0.2) is 5.82 Å². The number of halogens is 2. The number of nitrogens with one attached hydrogen (secondary N) is 1. The van der Waals surface area contributed by atoms with E-state index in [0.717, 1.165) is 0 Å². The van der Waals surface area contributed by atoms with Gasteiger partial charge in [-0.25, -0.2) is 4.98 Å². The first-order chi connectivity index (χ1) is 5.59. The molecule has 82 valence electrons. The van der Waals surface area contributed by atoms with Gasteiger partial charge in [0.25, 0.3) is 0 Å². The van der Waals surface area contributed by atoms with E-state index in [2.05, 4.69) is 15.2 Å². The number of rotatable bonds is 3. The Morgan fingerprint density at radius 1 is 1.64 bits per heavy atom. The van der Waals surface area contributed by atoms with Gasteiger partial charge in [0.05, 0.1) is 6.04 Å². The third kappa shape index (κ3) is 4.40. The van der Waals surface area contributed by atoms with Crippen LogP contribution >= 0.6 is 24.8 Å². The number of carboxylic acids is 1. The van der Waals surface area contributed by atoms with Crippen molar-refractivity contribution in [1.82, 2.24) is 15.2 Å². The second-order valence-electron chi connectivity index (χ2n) is 2.50. The van der Waals surface area contributed by atoms with Crippen LogP contribution in [0.25, 0.3) is 0 Å². The molecule has 4 N–H and O–H groups in total. The Morgan fingerprint density at radius 2 is 2.21 bits per heavy atom. The molecule has 1 unspecified atom stereocenters. The highest BCUT2D eigenvalue weighted by Gasteiger charge is 2.09. The number of H-pyrrole nitrogens is 1. The van der Waals surface area contributed by atoms with Gasteiger partial charge in [-0.3, -0.25) is 9.89 Å². The second-order valence-corrected chi connectivity index (χ2v) is 2.50. The van der Waals surface area contributed by atoms with E-state index in [-0.39, 0.29) is 37.3 Å². The highest BCUT2D eigenvalue weighted by atomic mass is 35.5. The van der Waals surface area contributed by atoms with Crippen molar-refractivity contribution >= 4 is 30.8 Å². The fourth-order valence-corrected chi connectivity index (χ4v) is 0.736. The van der Waals surface area contributed by atoms with E-state index in [1.807, 2.05) is 0 Å². The van der Waals surface area contributed by atoms with Gasteiger partial charge in [-0.05, 0) is 6.92 Å². The van der Waals surface area contributed by atoms with E-state index < -0.39 is 5.97 Å². The summed E-state index contributed by atoms with van der Waals surface area (Å²) in [7, 11) is 0. The molecular weight excluding hydrogens is 231 g/mol. The topological polar surface area (TPSA) is 105 Å². The number of carboxylic acid groups (broad SMARTS) is 1. The van der Waals surface area contributed by atoms with Gasteiger partial charge < -0.3 is 10.8 Å². The van der Waals surface area contributed by atoms with Crippen molar-refractivity contribution in [3.05, 3.63) is 11.6 Å². The number of hydrogen-bond acceptors (Lipinski definition) is 4. The number of aliphatic carboxylic acids is 1. The molecule has 0 spiro atoms. The van der Waals surface area contributed by atoms with Gasteiger partial charge in [0.2, 0.25) is 0 Å². The maximum atomic E-state index is 10.2. The molecule has 1 atom stereocenters. The van der Waals surface area contributed by atoms with Crippen molar-refractivity contribution in [2.45, 2.75) is 19.4 Å². The van der Waals surface area contributed by atoms with E-state index in [9.17, 15) is 4.79 Å². The third-order valence-electron chi connectivity index (χ3n) is 1.27. The van der Waals surface area contributed by atoms with E-state index in [4.69, 9.17) is 10.8 Å². The Balaban J connectivity index is 0. The molecule has 0 aliphatic rings. The lowest BCUT2D eigenvalue weighted by atomic mass is 10.3.